The van der Waals surface area contributed by atoms with E-state index in [0.717, 1.165) is 64.2 Å². The Morgan fingerprint density at radius 3 is 2.10 bits per heavy atom. The second-order valence-corrected chi connectivity index (χ2v) is 16.4. The molecule has 8 heteroatoms. The summed E-state index contributed by atoms with van der Waals surface area (Å²) in [5, 5.41) is 0. The molecule has 4 rings (SSSR count). The molecular formula is C41H73NO7. The second-order valence-electron chi connectivity index (χ2n) is 16.4. The van der Waals surface area contributed by atoms with Gasteiger partial charge in [-0.3, -0.25) is 9.59 Å². The van der Waals surface area contributed by atoms with Crippen LogP contribution in [0.3, 0.4) is 0 Å². The summed E-state index contributed by atoms with van der Waals surface area (Å²) in [5.41, 5.74) is 0. The Morgan fingerprint density at radius 1 is 0.735 bits per heavy atom. The van der Waals surface area contributed by atoms with Crippen LogP contribution >= 0.6 is 0 Å². The van der Waals surface area contributed by atoms with Gasteiger partial charge in [-0.15, -0.1) is 0 Å². The molecule has 4 saturated heterocycles. The van der Waals surface area contributed by atoms with Gasteiger partial charge in [0.05, 0.1) is 48.5 Å². The lowest BCUT2D eigenvalue weighted by atomic mass is 9.81. The molecule has 4 heterocycles. The zero-order valence-electron chi connectivity index (χ0n) is 32.7. The number of ether oxygens (including phenoxy) is 5. The van der Waals surface area contributed by atoms with Gasteiger partial charge in [-0.05, 0) is 91.6 Å². The summed E-state index contributed by atoms with van der Waals surface area (Å²) in [6, 6.07) is 0.512. The first kappa shape index (κ1) is 40.5. The second kappa shape index (κ2) is 19.6. The molecule has 0 N–H and O–H groups in total. The van der Waals surface area contributed by atoms with Gasteiger partial charge in [0.15, 0.2) is 0 Å². The molecule has 14 unspecified atom stereocenters. The van der Waals surface area contributed by atoms with E-state index in [2.05, 4.69) is 60.5 Å². The van der Waals surface area contributed by atoms with Gasteiger partial charge in [0, 0.05) is 23.8 Å². The van der Waals surface area contributed by atoms with E-state index in [1.165, 1.54) is 32.1 Å². The van der Waals surface area contributed by atoms with Crippen molar-refractivity contribution in [1.82, 2.24) is 4.90 Å². The normalized spacial score (nSPS) is 38.8. The summed E-state index contributed by atoms with van der Waals surface area (Å²) in [4.78, 5) is 30.2. The molecule has 4 aliphatic heterocycles. The lowest BCUT2D eigenvalue weighted by Crippen LogP contribution is -2.45. The van der Waals surface area contributed by atoms with Gasteiger partial charge in [-0.1, -0.05) is 73.6 Å². The van der Waals surface area contributed by atoms with Gasteiger partial charge >= 0.3 is 11.9 Å². The fraction of sp³-hybridized carbons (Fsp3) is 0.951. The minimum absolute atomic E-state index is 0.0124. The maximum Gasteiger partial charge on any atom is 0.311 e. The molecule has 284 valence electrons. The lowest BCUT2D eigenvalue weighted by Gasteiger charge is -2.38. The third kappa shape index (κ3) is 10.4. The minimum atomic E-state index is -0.378. The van der Waals surface area contributed by atoms with Crippen molar-refractivity contribution in [2.75, 3.05) is 14.1 Å². The molecular weight excluding hydrogens is 618 g/mol. The Balaban J connectivity index is 1.54. The number of esters is 2. The van der Waals surface area contributed by atoms with Crippen LogP contribution in [-0.4, -0.2) is 85.8 Å². The molecule has 0 aromatic rings. The minimum Gasteiger partial charge on any atom is -0.462 e. The number of hydrogen-bond acceptors (Lipinski definition) is 8. The summed E-state index contributed by atoms with van der Waals surface area (Å²) in [5.74, 6) is -0.905. The molecule has 4 aliphatic rings. The summed E-state index contributed by atoms with van der Waals surface area (Å²) < 4.78 is 33.2. The smallest absolute Gasteiger partial charge is 0.311 e. The summed E-state index contributed by atoms with van der Waals surface area (Å²) >= 11 is 0. The summed E-state index contributed by atoms with van der Waals surface area (Å²) in [7, 11) is 4.39. The predicted molar refractivity (Wildman–Crippen MR) is 194 cm³/mol. The van der Waals surface area contributed by atoms with Crippen LogP contribution in [-0.2, 0) is 33.3 Å². The third-order valence-electron chi connectivity index (χ3n) is 12.8. The highest BCUT2D eigenvalue weighted by Crippen LogP contribution is 2.41. The average Bonchev–Trinajstić information content (AvgIpc) is 3.87. The molecule has 49 heavy (non-hydrogen) atoms. The maximum absolute atomic E-state index is 14.1. The van der Waals surface area contributed by atoms with E-state index in [1.54, 1.807) is 0 Å². The van der Waals surface area contributed by atoms with Crippen molar-refractivity contribution in [2.45, 2.75) is 206 Å². The molecule has 0 aliphatic carbocycles. The lowest BCUT2D eigenvalue weighted by molar-refractivity contribution is -0.178. The van der Waals surface area contributed by atoms with Gasteiger partial charge in [0.25, 0.3) is 0 Å². The predicted octanol–water partition coefficient (Wildman–Crippen LogP) is 8.52. The van der Waals surface area contributed by atoms with E-state index >= 15 is 0 Å². The first-order chi connectivity index (χ1) is 23.5. The van der Waals surface area contributed by atoms with Gasteiger partial charge in [0.2, 0.25) is 0 Å². The molecule has 0 aromatic carbocycles. The van der Waals surface area contributed by atoms with Crippen LogP contribution in [0.1, 0.15) is 151 Å². The van der Waals surface area contributed by atoms with Crippen molar-refractivity contribution >= 4 is 11.9 Å². The zero-order chi connectivity index (χ0) is 35.7. The van der Waals surface area contributed by atoms with Crippen molar-refractivity contribution in [1.29, 1.82) is 0 Å². The standard InChI is InChI=1S/C41H73NO7/c1-10-14-15-16-18-29(42(8)9)25-30-19-20-35(45-30)27(6)39-31(12-3)37-23-24-38(47-37)32(13-4)41(44)48-33(17-11-2)26(5)34-21-22-36(46-34)28(7)40(43)49-39/h26-39H,10-25H2,1-9H3. The van der Waals surface area contributed by atoms with Gasteiger partial charge in [0.1, 0.15) is 12.2 Å². The number of unbranched alkanes of at least 4 members (excludes halogenated alkanes) is 3. The van der Waals surface area contributed by atoms with Crippen molar-refractivity contribution in [3.63, 3.8) is 0 Å². The molecule has 14 atom stereocenters. The van der Waals surface area contributed by atoms with Crippen molar-refractivity contribution < 1.29 is 33.3 Å². The molecule has 8 nitrogen and oxygen atoms in total. The van der Waals surface area contributed by atoms with E-state index in [4.69, 9.17) is 23.7 Å². The van der Waals surface area contributed by atoms with Crippen LogP contribution < -0.4 is 0 Å². The molecule has 0 amide bonds. The van der Waals surface area contributed by atoms with Crippen molar-refractivity contribution in [3.8, 4) is 0 Å². The largest absolute Gasteiger partial charge is 0.462 e. The van der Waals surface area contributed by atoms with Crippen LogP contribution in [0.25, 0.3) is 0 Å². The highest BCUT2D eigenvalue weighted by molar-refractivity contribution is 5.73. The summed E-state index contributed by atoms with van der Waals surface area (Å²) in [6.07, 6.45) is 15.1. The fourth-order valence-electron chi connectivity index (χ4n) is 9.40. The van der Waals surface area contributed by atoms with Crippen LogP contribution in [0.4, 0.5) is 0 Å². The highest BCUT2D eigenvalue weighted by atomic mass is 16.6. The monoisotopic (exact) mass is 692 g/mol. The Labute approximate surface area is 299 Å². The number of carbonyl (C=O) groups is 2. The first-order valence-electron chi connectivity index (χ1n) is 20.6. The van der Waals surface area contributed by atoms with Crippen LogP contribution in [0.5, 0.6) is 0 Å². The Kier molecular flexibility index (Phi) is 16.2. The van der Waals surface area contributed by atoms with E-state index < -0.39 is 0 Å². The van der Waals surface area contributed by atoms with Crippen molar-refractivity contribution in [3.05, 3.63) is 0 Å². The highest BCUT2D eigenvalue weighted by Gasteiger charge is 2.48. The quantitative estimate of drug-likeness (QED) is 0.132. The molecule has 0 aromatic heterocycles. The van der Waals surface area contributed by atoms with Crippen LogP contribution in [0.15, 0.2) is 0 Å². The van der Waals surface area contributed by atoms with E-state index in [-0.39, 0.29) is 90.4 Å². The third-order valence-corrected chi connectivity index (χ3v) is 12.8. The topological polar surface area (TPSA) is 83.5 Å². The molecule has 0 saturated carbocycles. The number of carbonyl (C=O) groups excluding carboxylic acids is 2. The van der Waals surface area contributed by atoms with E-state index in [1.807, 2.05) is 6.92 Å². The SMILES string of the molecule is CCCCCCC(CC1CCC(C(C)C2OC(=O)C(C)C3CCC(O3)C(C)C(CCC)OC(=O)C(CC)C3CCC(O3)C2CC)O1)N(C)C. The average molecular weight is 692 g/mol. The maximum atomic E-state index is 14.1. The van der Waals surface area contributed by atoms with Gasteiger partial charge in [-0.2, -0.15) is 0 Å². The van der Waals surface area contributed by atoms with Gasteiger partial charge in [-0.25, -0.2) is 0 Å². The van der Waals surface area contributed by atoms with Crippen LogP contribution in [0.2, 0.25) is 0 Å². The number of fused-ring (bicyclic) bond motifs is 4. The van der Waals surface area contributed by atoms with E-state index in [9.17, 15) is 9.59 Å². The molecule has 4 bridgehead atoms. The van der Waals surface area contributed by atoms with Crippen molar-refractivity contribution in [2.24, 2.45) is 29.6 Å². The molecule has 0 spiro atoms. The number of cyclic esters (lactones) is 2. The molecule has 4 fully saturated rings. The van der Waals surface area contributed by atoms with Gasteiger partial charge < -0.3 is 28.6 Å². The Hall–Kier alpha value is -1.22. The Morgan fingerprint density at radius 2 is 1.43 bits per heavy atom. The zero-order valence-corrected chi connectivity index (χ0v) is 32.7. The summed E-state index contributed by atoms with van der Waals surface area (Å²) in [6.45, 7) is 15.0. The van der Waals surface area contributed by atoms with Crippen LogP contribution in [0, 0.1) is 29.6 Å². The Bertz CT molecular complexity index is 1010. The number of nitrogens with zero attached hydrogens (tertiary/aromatic N) is 1. The van der Waals surface area contributed by atoms with E-state index in [0.29, 0.717) is 12.5 Å². The number of rotatable bonds is 14. The first-order valence-corrected chi connectivity index (χ1v) is 20.6. The number of hydrogen-bond donors (Lipinski definition) is 0. The fourth-order valence-corrected chi connectivity index (χ4v) is 9.40. The molecule has 0 radical (unpaired) electrons.